The van der Waals surface area contributed by atoms with Crippen LogP contribution in [0.25, 0.3) is 0 Å². The monoisotopic (exact) mass is 254 g/mol. The van der Waals surface area contributed by atoms with Gasteiger partial charge < -0.3 is 9.64 Å². The number of carbonyl (C=O) groups is 1. The number of ether oxygens (including phenoxy) is 1. The number of rotatable bonds is 3. The number of methoxy groups -OCH3 is 1. The minimum absolute atomic E-state index is 0.141. The molecule has 0 aromatic carbocycles. The number of aryl methyl sites for hydroxylation is 1. The molecular weight excluding hydrogens is 236 g/mol. The van der Waals surface area contributed by atoms with Crippen LogP contribution in [0.15, 0.2) is 0 Å². The normalized spacial score (nSPS) is 16.2. The van der Waals surface area contributed by atoms with E-state index in [1.54, 1.807) is 7.11 Å². The Morgan fingerprint density at radius 2 is 2.12 bits per heavy atom. The van der Waals surface area contributed by atoms with E-state index in [4.69, 9.17) is 4.74 Å². The number of hydrogen-bond acceptors (Lipinski definition) is 4. The average molecular weight is 254 g/mol. The summed E-state index contributed by atoms with van der Waals surface area (Å²) in [4.78, 5) is 19.4. The molecule has 4 nitrogen and oxygen atoms in total. The summed E-state index contributed by atoms with van der Waals surface area (Å²) in [6.07, 6.45) is 3.48. The summed E-state index contributed by atoms with van der Waals surface area (Å²) in [5, 5.41) is 0.880. The lowest BCUT2D eigenvalue weighted by atomic mass is 10.1. The molecule has 0 N–H and O–H groups in total. The zero-order valence-electron chi connectivity index (χ0n) is 10.4. The first-order valence-corrected chi connectivity index (χ1v) is 6.78. The summed E-state index contributed by atoms with van der Waals surface area (Å²) >= 11 is 1.46. The Kier molecular flexibility index (Phi) is 4.12. The molecule has 1 fully saturated rings. The van der Waals surface area contributed by atoms with E-state index in [0.29, 0.717) is 6.61 Å². The van der Waals surface area contributed by atoms with E-state index in [0.717, 1.165) is 41.5 Å². The molecule has 1 amide bonds. The zero-order valence-corrected chi connectivity index (χ0v) is 11.2. The van der Waals surface area contributed by atoms with Crippen molar-refractivity contribution in [2.24, 2.45) is 0 Å². The zero-order chi connectivity index (χ0) is 12.3. The molecule has 0 saturated carbocycles. The van der Waals surface area contributed by atoms with Gasteiger partial charge in [-0.15, -0.1) is 11.3 Å². The predicted molar refractivity (Wildman–Crippen MR) is 67.3 cm³/mol. The number of likely N-dealkylation sites (tertiary alicyclic amines) is 1. The highest BCUT2D eigenvalue weighted by Crippen LogP contribution is 2.22. The van der Waals surface area contributed by atoms with Crippen molar-refractivity contribution in [3.8, 4) is 0 Å². The van der Waals surface area contributed by atoms with Gasteiger partial charge in [0.05, 0.1) is 12.3 Å². The summed E-state index contributed by atoms with van der Waals surface area (Å²) in [5.41, 5.74) is 0.831. The number of piperidine rings is 1. The van der Waals surface area contributed by atoms with Crippen LogP contribution in [-0.2, 0) is 11.3 Å². The topological polar surface area (TPSA) is 42.4 Å². The van der Waals surface area contributed by atoms with E-state index in [2.05, 4.69) is 4.98 Å². The number of carbonyl (C=O) groups excluding carboxylic acids is 1. The molecule has 17 heavy (non-hydrogen) atoms. The summed E-state index contributed by atoms with van der Waals surface area (Å²) < 4.78 is 5.04. The van der Waals surface area contributed by atoms with Gasteiger partial charge in [0, 0.05) is 20.2 Å². The molecule has 1 aromatic rings. The lowest BCUT2D eigenvalue weighted by Gasteiger charge is -2.26. The molecule has 0 atom stereocenters. The van der Waals surface area contributed by atoms with Gasteiger partial charge in [0.1, 0.15) is 9.88 Å². The molecule has 0 radical (unpaired) electrons. The quantitative estimate of drug-likeness (QED) is 0.830. The van der Waals surface area contributed by atoms with Gasteiger partial charge in [-0.1, -0.05) is 0 Å². The molecule has 0 bridgehead atoms. The SMILES string of the molecule is COCc1nc(C)c(C(=O)N2CCCCC2)s1. The van der Waals surface area contributed by atoms with Crippen LogP contribution in [0.3, 0.4) is 0 Å². The van der Waals surface area contributed by atoms with Crippen molar-refractivity contribution in [1.29, 1.82) is 0 Å². The molecule has 1 aliphatic heterocycles. The molecule has 94 valence electrons. The Balaban J connectivity index is 2.12. The van der Waals surface area contributed by atoms with E-state index in [9.17, 15) is 4.79 Å². The van der Waals surface area contributed by atoms with Gasteiger partial charge >= 0.3 is 0 Å². The number of aromatic nitrogens is 1. The smallest absolute Gasteiger partial charge is 0.265 e. The van der Waals surface area contributed by atoms with Gasteiger partial charge in [-0.05, 0) is 26.2 Å². The second kappa shape index (κ2) is 5.60. The number of thiazole rings is 1. The first-order valence-electron chi connectivity index (χ1n) is 5.97. The number of hydrogen-bond donors (Lipinski definition) is 0. The Morgan fingerprint density at radius 1 is 1.41 bits per heavy atom. The van der Waals surface area contributed by atoms with Gasteiger partial charge in [-0.3, -0.25) is 4.79 Å². The lowest BCUT2D eigenvalue weighted by molar-refractivity contribution is 0.0728. The van der Waals surface area contributed by atoms with Crippen LogP contribution in [0.4, 0.5) is 0 Å². The van der Waals surface area contributed by atoms with Crippen LogP contribution < -0.4 is 0 Å². The van der Waals surface area contributed by atoms with Crippen molar-refractivity contribution in [3.05, 3.63) is 15.6 Å². The lowest BCUT2D eigenvalue weighted by Crippen LogP contribution is -2.35. The fraction of sp³-hybridized carbons (Fsp3) is 0.667. The highest BCUT2D eigenvalue weighted by atomic mass is 32.1. The third-order valence-corrected chi connectivity index (χ3v) is 4.07. The van der Waals surface area contributed by atoms with Crippen molar-refractivity contribution in [2.75, 3.05) is 20.2 Å². The van der Waals surface area contributed by atoms with E-state index < -0.39 is 0 Å². The molecule has 1 aliphatic rings. The molecule has 2 rings (SSSR count). The average Bonchev–Trinajstić information content (AvgIpc) is 2.71. The highest BCUT2D eigenvalue weighted by molar-refractivity contribution is 7.13. The third-order valence-electron chi connectivity index (χ3n) is 2.95. The second-order valence-electron chi connectivity index (χ2n) is 4.31. The molecule has 1 aromatic heterocycles. The second-order valence-corrected chi connectivity index (χ2v) is 5.39. The van der Waals surface area contributed by atoms with Crippen molar-refractivity contribution in [2.45, 2.75) is 32.8 Å². The van der Waals surface area contributed by atoms with Crippen molar-refractivity contribution in [3.63, 3.8) is 0 Å². The number of nitrogens with zero attached hydrogens (tertiary/aromatic N) is 2. The van der Waals surface area contributed by atoms with Crippen LogP contribution in [-0.4, -0.2) is 36.0 Å². The van der Waals surface area contributed by atoms with E-state index in [-0.39, 0.29) is 5.91 Å². The van der Waals surface area contributed by atoms with Crippen LogP contribution in [0.1, 0.15) is 39.6 Å². The van der Waals surface area contributed by atoms with Gasteiger partial charge in [-0.2, -0.15) is 0 Å². The van der Waals surface area contributed by atoms with Crippen LogP contribution in [0.5, 0.6) is 0 Å². The fourth-order valence-electron chi connectivity index (χ4n) is 2.08. The van der Waals surface area contributed by atoms with Crippen LogP contribution in [0.2, 0.25) is 0 Å². The first kappa shape index (κ1) is 12.5. The molecular formula is C12H18N2O2S. The first-order chi connectivity index (χ1) is 8.22. The molecule has 5 heteroatoms. The minimum Gasteiger partial charge on any atom is -0.378 e. The van der Waals surface area contributed by atoms with Gasteiger partial charge in [0.15, 0.2) is 0 Å². The van der Waals surface area contributed by atoms with Crippen molar-refractivity contribution in [1.82, 2.24) is 9.88 Å². The third kappa shape index (κ3) is 2.84. The van der Waals surface area contributed by atoms with Crippen molar-refractivity contribution >= 4 is 17.2 Å². The number of amides is 1. The van der Waals surface area contributed by atoms with Crippen molar-refractivity contribution < 1.29 is 9.53 Å². The van der Waals surface area contributed by atoms with E-state index in [1.807, 2.05) is 11.8 Å². The Bertz CT molecular complexity index is 397. The van der Waals surface area contributed by atoms with Gasteiger partial charge in [0.25, 0.3) is 5.91 Å². The maximum atomic E-state index is 12.3. The molecule has 1 saturated heterocycles. The van der Waals surface area contributed by atoms with Crippen LogP contribution in [0, 0.1) is 6.92 Å². The Hall–Kier alpha value is -0.940. The fourth-order valence-corrected chi connectivity index (χ4v) is 3.08. The Morgan fingerprint density at radius 3 is 2.76 bits per heavy atom. The van der Waals surface area contributed by atoms with Crippen LogP contribution >= 0.6 is 11.3 Å². The Labute approximate surface area is 106 Å². The summed E-state index contributed by atoms with van der Waals surface area (Å²) in [6.45, 7) is 4.15. The summed E-state index contributed by atoms with van der Waals surface area (Å²) in [7, 11) is 1.64. The standard InChI is InChI=1S/C12H18N2O2S/c1-9-11(17-10(13-9)8-16-2)12(15)14-6-4-3-5-7-14/h3-8H2,1-2H3. The van der Waals surface area contributed by atoms with E-state index in [1.165, 1.54) is 17.8 Å². The molecule has 2 heterocycles. The molecule has 0 unspecified atom stereocenters. The minimum atomic E-state index is 0.141. The maximum Gasteiger partial charge on any atom is 0.265 e. The largest absolute Gasteiger partial charge is 0.378 e. The molecule has 0 aliphatic carbocycles. The maximum absolute atomic E-state index is 12.3. The van der Waals surface area contributed by atoms with E-state index >= 15 is 0 Å². The molecule has 0 spiro atoms. The predicted octanol–water partition coefficient (Wildman–Crippen LogP) is 2.22. The summed E-state index contributed by atoms with van der Waals surface area (Å²) in [5.74, 6) is 0.141. The van der Waals surface area contributed by atoms with Gasteiger partial charge in [0.2, 0.25) is 0 Å². The highest BCUT2D eigenvalue weighted by Gasteiger charge is 2.22. The van der Waals surface area contributed by atoms with Gasteiger partial charge in [-0.25, -0.2) is 4.98 Å². The summed E-state index contributed by atoms with van der Waals surface area (Å²) in [6, 6.07) is 0.